The maximum atomic E-state index is 13.0. The summed E-state index contributed by atoms with van der Waals surface area (Å²) in [5.41, 5.74) is 2.52. The first-order valence-electron chi connectivity index (χ1n) is 6.52. The van der Waals surface area contributed by atoms with Gasteiger partial charge in [-0.3, -0.25) is 0 Å². The monoisotopic (exact) mass is 277 g/mol. The fourth-order valence-electron chi connectivity index (χ4n) is 2.23. The first-order valence-corrected chi connectivity index (χ1v) is 6.52. The third-order valence-electron chi connectivity index (χ3n) is 3.23. The summed E-state index contributed by atoms with van der Waals surface area (Å²) in [7, 11) is 0. The van der Waals surface area contributed by atoms with Crippen molar-refractivity contribution >= 4 is 0 Å². The summed E-state index contributed by atoms with van der Waals surface area (Å²) in [6, 6.07) is 15.9. The maximum Gasteiger partial charge on any atom is 0.140 e. The number of halogens is 1. The van der Waals surface area contributed by atoms with Gasteiger partial charge in [0.25, 0.3) is 0 Å². The number of hydrogen-bond acceptors (Lipinski definition) is 2. The fourth-order valence-corrected chi connectivity index (χ4v) is 2.23. The first kappa shape index (κ1) is 13.1. The molecule has 0 atom stereocenters. The minimum atomic E-state index is -0.265. The lowest BCUT2D eigenvalue weighted by Crippen LogP contribution is -2.01. The van der Waals surface area contributed by atoms with Gasteiger partial charge >= 0.3 is 0 Å². The normalized spacial score (nSPS) is 10.3. The van der Waals surface area contributed by atoms with Crippen molar-refractivity contribution in [3.63, 3.8) is 0 Å². The average Bonchev–Trinajstić information content (AvgIpc) is 2.96. The second-order valence-corrected chi connectivity index (χ2v) is 4.70. The first-order chi connectivity index (χ1) is 10.3. The predicted octanol–water partition coefficient (Wildman–Crippen LogP) is 3.61. The Labute approximate surface area is 121 Å². The van der Waals surface area contributed by atoms with Crippen LogP contribution in [-0.2, 0) is 6.54 Å². The van der Waals surface area contributed by atoms with Crippen molar-refractivity contribution in [3.8, 4) is 17.5 Å². The second kappa shape index (κ2) is 5.59. The Morgan fingerprint density at radius 3 is 2.71 bits per heavy atom. The van der Waals surface area contributed by atoms with Gasteiger partial charge in [-0.25, -0.2) is 9.37 Å². The van der Waals surface area contributed by atoms with Crippen LogP contribution in [0.15, 0.2) is 60.9 Å². The summed E-state index contributed by atoms with van der Waals surface area (Å²) in [4.78, 5) is 4.33. The van der Waals surface area contributed by atoms with Gasteiger partial charge < -0.3 is 4.57 Å². The molecule has 1 heterocycles. The number of nitrogens with zero attached hydrogens (tertiary/aromatic N) is 3. The number of benzene rings is 2. The molecule has 0 unspecified atom stereocenters. The predicted molar refractivity (Wildman–Crippen MR) is 77.9 cm³/mol. The maximum absolute atomic E-state index is 13.0. The van der Waals surface area contributed by atoms with E-state index in [1.807, 2.05) is 29.0 Å². The fraction of sp³-hybridized carbons (Fsp3) is 0.0588. The Balaban J connectivity index is 1.92. The lowest BCUT2D eigenvalue weighted by atomic mass is 10.1. The van der Waals surface area contributed by atoms with Crippen molar-refractivity contribution in [1.82, 2.24) is 9.55 Å². The van der Waals surface area contributed by atoms with Gasteiger partial charge in [-0.2, -0.15) is 5.26 Å². The van der Waals surface area contributed by atoms with E-state index in [-0.39, 0.29) is 5.82 Å². The van der Waals surface area contributed by atoms with E-state index in [4.69, 9.17) is 5.26 Å². The second-order valence-electron chi connectivity index (χ2n) is 4.70. The van der Waals surface area contributed by atoms with Gasteiger partial charge in [0.15, 0.2) is 0 Å². The van der Waals surface area contributed by atoms with Gasteiger partial charge in [-0.1, -0.05) is 12.1 Å². The van der Waals surface area contributed by atoms with E-state index in [1.54, 1.807) is 24.4 Å². The molecule has 0 N–H and O–H groups in total. The van der Waals surface area contributed by atoms with Crippen molar-refractivity contribution in [3.05, 3.63) is 77.9 Å². The standard InChI is InChI=1S/C17H12FN3/c18-16-6-4-15(5-7-16)17-20-8-9-21(17)12-14-3-1-2-13(10-14)11-19/h1-10H,12H2. The molecule has 1 aromatic heterocycles. The van der Waals surface area contributed by atoms with Crippen LogP contribution in [0.4, 0.5) is 4.39 Å². The Morgan fingerprint density at radius 2 is 1.95 bits per heavy atom. The lowest BCUT2D eigenvalue weighted by Gasteiger charge is -2.08. The molecule has 0 radical (unpaired) electrons. The van der Waals surface area contributed by atoms with Crippen LogP contribution < -0.4 is 0 Å². The summed E-state index contributed by atoms with van der Waals surface area (Å²) in [6.45, 7) is 0.613. The van der Waals surface area contributed by atoms with Gasteiger partial charge in [-0.05, 0) is 42.0 Å². The van der Waals surface area contributed by atoms with Crippen molar-refractivity contribution in [2.75, 3.05) is 0 Å². The zero-order chi connectivity index (χ0) is 14.7. The summed E-state index contributed by atoms with van der Waals surface area (Å²) in [6.07, 6.45) is 3.59. The van der Waals surface area contributed by atoms with E-state index in [0.29, 0.717) is 12.1 Å². The van der Waals surface area contributed by atoms with Crippen LogP contribution >= 0.6 is 0 Å². The highest BCUT2D eigenvalue weighted by Crippen LogP contribution is 2.19. The molecular formula is C17H12FN3. The number of hydrogen-bond donors (Lipinski definition) is 0. The molecule has 0 spiro atoms. The molecule has 0 amide bonds. The van der Waals surface area contributed by atoms with Gasteiger partial charge in [0, 0.05) is 24.5 Å². The minimum absolute atomic E-state index is 0.265. The van der Waals surface area contributed by atoms with Crippen molar-refractivity contribution in [2.24, 2.45) is 0 Å². The van der Waals surface area contributed by atoms with Crippen LogP contribution in [0.5, 0.6) is 0 Å². The van der Waals surface area contributed by atoms with Crippen molar-refractivity contribution in [2.45, 2.75) is 6.54 Å². The largest absolute Gasteiger partial charge is 0.327 e. The molecule has 0 aliphatic rings. The lowest BCUT2D eigenvalue weighted by molar-refractivity contribution is 0.628. The number of nitriles is 1. The van der Waals surface area contributed by atoms with Crippen LogP contribution in [0.1, 0.15) is 11.1 Å². The van der Waals surface area contributed by atoms with E-state index in [9.17, 15) is 4.39 Å². The molecule has 0 aliphatic carbocycles. The number of imidazole rings is 1. The highest BCUT2D eigenvalue weighted by Gasteiger charge is 2.07. The molecule has 3 aromatic rings. The Kier molecular flexibility index (Phi) is 3.48. The van der Waals surface area contributed by atoms with Crippen molar-refractivity contribution in [1.29, 1.82) is 5.26 Å². The van der Waals surface area contributed by atoms with E-state index >= 15 is 0 Å². The van der Waals surface area contributed by atoms with Crippen LogP contribution in [0.3, 0.4) is 0 Å². The van der Waals surface area contributed by atoms with Gasteiger partial charge in [0.2, 0.25) is 0 Å². The Bertz CT molecular complexity index is 797. The topological polar surface area (TPSA) is 41.6 Å². The third kappa shape index (κ3) is 2.82. The van der Waals surface area contributed by atoms with Gasteiger partial charge in [0.05, 0.1) is 11.6 Å². The van der Waals surface area contributed by atoms with Gasteiger partial charge in [-0.15, -0.1) is 0 Å². The average molecular weight is 277 g/mol. The summed E-state index contributed by atoms with van der Waals surface area (Å²) < 4.78 is 15.0. The van der Waals surface area contributed by atoms with Gasteiger partial charge in [0.1, 0.15) is 11.6 Å². The molecule has 0 aliphatic heterocycles. The van der Waals surface area contributed by atoms with Crippen LogP contribution in [-0.4, -0.2) is 9.55 Å². The molecule has 0 saturated carbocycles. The van der Waals surface area contributed by atoms with Crippen LogP contribution in [0.2, 0.25) is 0 Å². The highest BCUT2D eigenvalue weighted by atomic mass is 19.1. The molecule has 0 bridgehead atoms. The Morgan fingerprint density at radius 1 is 1.14 bits per heavy atom. The molecule has 3 nitrogen and oxygen atoms in total. The van der Waals surface area contributed by atoms with E-state index in [2.05, 4.69) is 11.1 Å². The van der Waals surface area contributed by atoms with Crippen LogP contribution in [0.25, 0.3) is 11.4 Å². The van der Waals surface area contributed by atoms with Crippen molar-refractivity contribution < 1.29 is 4.39 Å². The SMILES string of the molecule is N#Cc1cccc(Cn2ccnc2-c2ccc(F)cc2)c1. The minimum Gasteiger partial charge on any atom is -0.327 e. The molecule has 0 fully saturated rings. The number of aromatic nitrogens is 2. The summed E-state index contributed by atoms with van der Waals surface area (Å²) >= 11 is 0. The third-order valence-corrected chi connectivity index (χ3v) is 3.23. The number of rotatable bonds is 3. The Hall–Kier alpha value is -2.93. The molecule has 21 heavy (non-hydrogen) atoms. The van der Waals surface area contributed by atoms with E-state index in [0.717, 1.165) is 17.0 Å². The molecule has 2 aromatic carbocycles. The van der Waals surface area contributed by atoms with E-state index in [1.165, 1.54) is 12.1 Å². The molecular weight excluding hydrogens is 265 g/mol. The quantitative estimate of drug-likeness (QED) is 0.734. The summed E-state index contributed by atoms with van der Waals surface area (Å²) in [5, 5.41) is 8.94. The summed E-state index contributed by atoms with van der Waals surface area (Å²) in [5.74, 6) is 0.510. The zero-order valence-corrected chi connectivity index (χ0v) is 11.2. The van der Waals surface area contributed by atoms with E-state index < -0.39 is 0 Å². The highest BCUT2D eigenvalue weighted by molar-refractivity contribution is 5.55. The molecule has 3 rings (SSSR count). The van der Waals surface area contributed by atoms with Crippen LogP contribution in [0, 0.1) is 17.1 Å². The molecule has 0 saturated heterocycles. The molecule has 4 heteroatoms. The molecule has 102 valence electrons. The smallest absolute Gasteiger partial charge is 0.140 e. The zero-order valence-electron chi connectivity index (χ0n) is 11.2.